The summed E-state index contributed by atoms with van der Waals surface area (Å²) in [5.41, 5.74) is 0. The Bertz CT molecular complexity index is 183. The van der Waals surface area contributed by atoms with Crippen LogP contribution in [0.1, 0.15) is 0 Å². The van der Waals surface area contributed by atoms with Gasteiger partial charge in [0, 0.05) is 0 Å². The molecule has 3 heterocycles. The third kappa shape index (κ3) is 0.876. The molecular weight excluding hydrogens is 180 g/mol. The number of hydrogen-bond acceptors (Lipinski definition) is 6. The van der Waals surface area contributed by atoms with E-state index in [-0.39, 0.29) is 0 Å². The van der Waals surface area contributed by atoms with E-state index in [4.69, 9.17) is 14.2 Å². The van der Waals surface area contributed by atoms with E-state index in [0.717, 1.165) is 0 Å². The van der Waals surface area contributed by atoms with Crippen molar-refractivity contribution in [1.29, 1.82) is 0 Å². The van der Waals surface area contributed by atoms with Gasteiger partial charge in [-0.2, -0.15) is 0 Å². The molecule has 0 radical (unpaired) electrons. The van der Waals surface area contributed by atoms with Crippen molar-refractivity contribution in [3.63, 3.8) is 0 Å². The van der Waals surface area contributed by atoms with Crippen LogP contribution in [-0.4, -0.2) is 58.4 Å². The van der Waals surface area contributed by atoms with Crippen molar-refractivity contribution in [2.24, 2.45) is 0 Å². The average Bonchev–Trinajstić information content (AvgIpc) is 2.12. The zero-order valence-electron chi connectivity index (χ0n) is 6.61. The van der Waals surface area contributed by atoms with Crippen molar-refractivity contribution >= 4 is 0 Å². The smallest absolute Gasteiger partial charge is 0.272 e. The molecule has 0 aromatic heterocycles. The molecule has 13 heavy (non-hydrogen) atoms. The van der Waals surface area contributed by atoms with E-state index >= 15 is 0 Å². The van der Waals surface area contributed by atoms with E-state index < -0.39 is 43.1 Å². The summed E-state index contributed by atoms with van der Waals surface area (Å²) < 4.78 is 15.1. The van der Waals surface area contributed by atoms with Crippen molar-refractivity contribution < 1.29 is 29.5 Å². The first kappa shape index (κ1) is 8.10. The maximum Gasteiger partial charge on any atom is 0.272 e. The predicted octanol–water partition coefficient (Wildman–Crippen LogP) is -2.45. The Morgan fingerprint density at radius 3 is 1.23 bits per heavy atom. The second kappa shape index (κ2) is 2.41. The maximum atomic E-state index is 9.54. The first-order valence-electron chi connectivity index (χ1n) is 4.19. The molecule has 3 saturated heterocycles. The molecule has 3 aliphatic heterocycles. The van der Waals surface area contributed by atoms with Crippen LogP contribution in [0.4, 0.5) is 0 Å². The molecule has 0 atom stereocenters. The normalized spacial score (nSPS) is 64.4. The fourth-order valence-corrected chi connectivity index (χ4v) is 2.13. The van der Waals surface area contributed by atoms with Gasteiger partial charge in [-0.15, -0.1) is 0 Å². The predicted molar refractivity (Wildman–Crippen MR) is 36.4 cm³/mol. The van der Waals surface area contributed by atoms with Gasteiger partial charge in [0.25, 0.3) is 6.48 Å². The van der Waals surface area contributed by atoms with Crippen molar-refractivity contribution in [2.75, 3.05) is 0 Å². The Labute approximate surface area is 73.6 Å². The molecule has 0 spiro atoms. The van der Waals surface area contributed by atoms with Crippen molar-refractivity contribution in [3.8, 4) is 0 Å². The highest BCUT2D eigenvalue weighted by Crippen LogP contribution is 2.39. The zero-order valence-corrected chi connectivity index (χ0v) is 6.61. The molecule has 4 bridgehead atoms. The molecule has 6 heteroatoms. The van der Waals surface area contributed by atoms with Crippen LogP contribution < -0.4 is 0 Å². The lowest BCUT2D eigenvalue weighted by Gasteiger charge is -2.55. The molecule has 1 aliphatic carbocycles. The second-order valence-corrected chi connectivity index (χ2v) is 3.56. The molecule has 4 rings (SSSR count). The summed E-state index contributed by atoms with van der Waals surface area (Å²) in [7, 11) is 0. The van der Waals surface area contributed by atoms with Crippen LogP contribution in [0.3, 0.4) is 0 Å². The summed E-state index contributed by atoms with van der Waals surface area (Å²) in [5.74, 6) is 0. The summed E-state index contributed by atoms with van der Waals surface area (Å²) in [6.45, 7) is -0.852. The van der Waals surface area contributed by atoms with E-state index in [2.05, 4.69) is 0 Å². The fraction of sp³-hybridized carbons (Fsp3) is 1.00. The molecule has 1 saturated carbocycles. The first-order valence-corrected chi connectivity index (χ1v) is 4.19. The molecule has 3 N–H and O–H groups in total. The topological polar surface area (TPSA) is 88.4 Å². The van der Waals surface area contributed by atoms with Crippen LogP contribution >= 0.6 is 0 Å². The van der Waals surface area contributed by atoms with Gasteiger partial charge in [-0.3, -0.25) is 0 Å². The number of hydrogen-bond donors (Lipinski definition) is 3. The average molecular weight is 190 g/mol. The Morgan fingerprint density at radius 2 is 0.923 bits per heavy atom. The van der Waals surface area contributed by atoms with E-state index in [9.17, 15) is 15.3 Å². The van der Waals surface area contributed by atoms with Crippen molar-refractivity contribution in [1.82, 2.24) is 0 Å². The van der Waals surface area contributed by atoms with Crippen LogP contribution in [0.5, 0.6) is 0 Å². The number of aliphatic hydroxyl groups excluding tert-OH is 3. The molecule has 6 nitrogen and oxygen atoms in total. The number of aliphatic hydroxyl groups is 3. The highest BCUT2D eigenvalue weighted by molar-refractivity contribution is 5.05. The SMILES string of the molecule is OC1C2OC3OC1C(O)C(O3)C2O. The lowest BCUT2D eigenvalue weighted by molar-refractivity contribution is -0.481. The Balaban J connectivity index is 1.97. The van der Waals surface area contributed by atoms with E-state index in [0.29, 0.717) is 0 Å². The zero-order chi connectivity index (χ0) is 9.16. The minimum absolute atomic E-state index is 0.703. The third-order valence-electron chi connectivity index (χ3n) is 2.82. The van der Waals surface area contributed by atoms with Crippen molar-refractivity contribution in [3.05, 3.63) is 0 Å². The van der Waals surface area contributed by atoms with Gasteiger partial charge in [0.05, 0.1) is 0 Å². The van der Waals surface area contributed by atoms with Crippen LogP contribution in [0, 0.1) is 0 Å². The molecule has 4 fully saturated rings. The van der Waals surface area contributed by atoms with Crippen LogP contribution in [0.25, 0.3) is 0 Å². The van der Waals surface area contributed by atoms with Gasteiger partial charge in [-0.1, -0.05) is 0 Å². The standard InChI is InChI=1S/C7H10O6/c8-1-4-2(9)6-3(10)5(1)12-7(11-4)13-6/h1-10H. The fourth-order valence-electron chi connectivity index (χ4n) is 2.13. The minimum atomic E-state index is -0.985. The van der Waals surface area contributed by atoms with Gasteiger partial charge >= 0.3 is 0 Å². The molecule has 0 aromatic carbocycles. The highest BCUT2D eigenvalue weighted by Gasteiger charge is 2.60. The van der Waals surface area contributed by atoms with Crippen LogP contribution in [-0.2, 0) is 14.2 Å². The highest BCUT2D eigenvalue weighted by atomic mass is 16.9. The summed E-state index contributed by atoms with van der Waals surface area (Å²) in [4.78, 5) is 0. The van der Waals surface area contributed by atoms with Gasteiger partial charge in [0.15, 0.2) is 0 Å². The molecule has 0 amide bonds. The van der Waals surface area contributed by atoms with E-state index in [1.807, 2.05) is 0 Å². The van der Waals surface area contributed by atoms with Crippen LogP contribution in [0.2, 0.25) is 0 Å². The lowest BCUT2D eigenvalue weighted by atomic mass is 9.83. The Hall–Kier alpha value is -0.240. The molecular formula is C7H10O6. The Morgan fingerprint density at radius 1 is 0.615 bits per heavy atom. The summed E-state index contributed by atoms with van der Waals surface area (Å²) >= 11 is 0. The minimum Gasteiger partial charge on any atom is -0.387 e. The van der Waals surface area contributed by atoms with Gasteiger partial charge in [0.1, 0.15) is 36.6 Å². The van der Waals surface area contributed by atoms with Gasteiger partial charge < -0.3 is 29.5 Å². The Kier molecular flexibility index (Phi) is 1.50. The quantitative estimate of drug-likeness (QED) is 0.393. The monoisotopic (exact) mass is 190 g/mol. The summed E-state index contributed by atoms with van der Waals surface area (Å²) in [6, 6.07) is 0. The summed E-state index contributed by atoms with van der Waals surface area (Å²) in [6.07, 6.45) is -5.06. The van der Waals surface area contributed by atoms with Crippen molar-refractivity contribution in [2.45, 2.75) is 43.1 Å². The van der Waals surface area contributed by atoms with Gasteiger partial charge in [-0.25, -0.2) is 0 Å². The number of ether oxygens (including phenoxy) is 3. The first-order chi connectivity index (χ1) is 6.18. The van der Waals surface area contributed by atoms with Gasteiger partial charge in [-0.05, 0) is 0 Å². The molecule has 4 aliphatic rings. The second-order valence-electron chi connectivity index (χ2n) is 3.56. The maximum absolute atomic E-state index is 9.54. The molecule has 0 unspecified atom stereocenters. The molecule has 0 aromatic rings. The van der Waals surface area contributed by atoms with E-state index in [1.165, 1.54) is 0 Å². The lowest BCUT2D eigenvalue weighted by Crippen LogP contribution is -2.75. The van der Waals surface area contributed by atoms with Crippen LogP contribution in [0.15, 0.2) is 0 Å². The molecule has 74 valence electrons. The third-order valence-corrected chi connectivity index (χ3v) is 2.82. The van der Waals surface area contributed by atoms with Gasteiger partial charge in [0.2, 0.25) is 0 Å². The van der Waals surface area contributed by atoms with E-state index in [1.54, 1.807) is 0 Å². The number of rotatable bonds is 0. The largest absolute Gasteiger partial charge is 0.387 e. The summed E-state index contributed by atoms with van der Waals surface area (Å²) in [5, 5.41) is 28.6.